The first-order chi connectivity index (χ1) is 17.1. The van der Waals surface area contributed by atoms with Crippen LogP contribution < -0.4 is 21.7 Å². The van der Waals surface area contributed by atoms with Crippen LogP contribution in [0.3, 0.4) is 0 Å². The highest BCUT2D eigenvalue weighted by atomic mass is 16.1. The highest BCUT2D eigenvalue weighted by molar-refractivity contribution is 5.89. The second kappa shape index (κ2) is 17.6. The minimum Gasteiger partial charge on any atom is -0.393 e. The van der Waals surface area contributed by atoms with Crippen LogP contribution in [-0.4, -0.2) is 22.4 Å². The molecule has 0 radical (unpaired) electrons. The summed E-state index contributed by atoms with van der Waals surface area (Å²) in [6, 6.07) is 7.40. The largest absolute Gasteiger partial charge is 0.393 e. The topological polar surface area (TPSA) is 105 Å². The van der Waals surface area contributed by atoms with E-state index in [-0.39, 0.29) is 5.91 Å². The van der Waals surface area contributed by atoms with Crippen LogP contribution in [0.4, 0.5) is 28.7 Å². The molecule has 0 atom stereocenters. The van der Waals surface area contributed by atoms with Crippen molar-refractivity contribution in [3.05, 3.63) is 30.6 Å². The number of aromatic nitrogens is 2. The van der Waals surface area contributed by atoms with E-state index in [0.717, 1.165) is 24.3 Å². The first-order valence-electron chi connectivity index (χ1n) is 13.6. The number of anilines is 5. The second-order valence-corrected chi connectivity index (χ2v) is 9.39. The van der Waals surface area contributed by atoms with Crippen molar-refractivity contribution in [2.24, 2.45) is 0 Å². The third-order valence-corrected chi connectivity index (χ3v) is 6.17. The van der Waals surface area contributed by atoms with Crippen LogP contribution in [-0.2, 0) is 4.79 Å². The van der Waals surface area contributed by atoms with Gasteiger partial charge in [0.1, 0.15) is 12.0 Å². The van der Waals surface area contributed by atoms with Crippen LogP contribution in [0.15, 0.2) is 30.6 Å². The van der Waals surface area contributed by atoms with Crippen molar-refractivity contribution in [2.75, 3.05) is 28.2 Å². The Kier molecular flexibility index (Phi) is 14.3. The summed E-state index contributed by atoms with van der Waals surface area (Å²) < 4.78 is 0. The quantitative estimate of drug-likeness (QED) is 0.153. The SMILES string of the molecule is CCCCCCCCCCCCCCCCNc1ncnc(Nc2ccc(NC(C)=O)cc2)c1N. The maximum atomic E-state index is 11.2. The summed E-state index contributed by atoms with van der Waals surface area (Å²) in [5.41, 5.74) is 8.36. The average molecular weight is 483 g/mol. The van der Waals surface area contributed by atoms with Crippen molar-refractivity contribution in [1.82, 2.24) is 9.97 Å². The van der Waals surface area contributed by atoms with Crippen LogP contribution >= 0.6 is 0 Å². The number of hydrogen-bond donors (Lipinski definition) is 4. The lowest BCUT2D eigenvalue weighted by molar-refractivity contribution is -0.114. The van der Waals surface area contributed by atoms with Crippen LogP contribution in [0.5, 0.6) is 0 Å². The Morgan fingerprint density at radius 3 is 1.77 bits per heavy atom. The van der Waals surface area contributed by atoms with Crippen molar-refractivity contribution in [3.8, 4) is 0 Å². The molecule has 194 valence electrons. The van der Waals surface area contributed by atoms with E-state index >= 15 is 0 Å². The summed E-state index contributed by atoms with van der Waals surface area (Å²) in [7, 11) is 0. The number of amides is 1. The van der Waals surface area contributed by atoms with Gasteiger partial charge in [-0.05, 0) is 30.7 Å². The molecule has 7 heteroatoms. The predicted octanol–water partition coefficient (Wildman–Crippen LogP) is 7.65. The molecule has 1 amide bonds. The van der Waals surface area contributed by atoms with E-state index in [4.69, 9.17) is 5.73 Å². The molecule has 0 aliphatic heterocycles. The number of carbonyl (C=O) groups excluding carboxylic acids is 1. The normalized spacial score (nSPS) is 10.8. The minimum atomic E-state index is -0.0970. The van der Waals surface area contributed by atoms with Crippen LogP contribution in [0.25, 0.3) is 0 Å². The number of benzene rings is 1. The van der Waals surface area contributed by atoms with Gasteiger partial charge in [-0.1, -0.05) is 90.4 Å². The van der Waals surface area contributed by atoms with Crippen molar-refractivity contribution < 1.29 is 4.79 Å². The number of nitrogens with zero attached hydrogens (tertiary/aromatic N) is 2. The summed E-state index contributed by atoms with van der Waals surface area (Å²) in [5, 5.41) is 9.32. The van der Waals surface area contributed by atoms with Crippen LogP contribution in [0.2, 0.25) is 0 Å². The van der Waals surface area contributed by atoms with E-state index in [9.17, 15) is 4.79 Å². The number of unbranched alkanes of at least 4 members (excludes halogenated alkanes) is 13. The molecule has 0 fully saturated rings. The Bertz CT molecular complexity index is 840. The van der Waals surface area contributed by atoms with E-state index in [1.165, 1.54) is 96.7 Å². The van der Waals surface area contributed by atoms with Gasteiger partial charge in [-0.25, -0.2) is 9.97 Å². The molecule has 2 aromatic rings. The first kappa shape index (κ1) is 28.4. The molecule has 7 nitrogen and oxygen atoms in total. The zero-order valence-corrected chi connectivity index (χ0v) is 21.9. The van der Waals surface area contributed by atoms with Gasteiger partial charge in [0, 0.05) is 24.8 Å². The smallest absolute Gasteiger partial charge is 0.221 e. The maximum absolute atomic E-state index is 11.2. The van der Waals surface area contributed by atoms with E-state index in [1.807, 2.05) is 24.3 Å². The monoisotopic (exact) mass is 482 g/mol. The fourth-order valence-corrected chi connectivity index (χ4v) is 4.14. The lowest BCUT2D eigenvalue weighted by Gasteiger charge is -2.13. The Labute approximate surface area is 212 Å². The van der Waals surface area contributed by atoms with Crippen LogP contribution in [0, 0.1) is 0 Å². The Hall–Kier alpha value is -2.83. The minimum absolute atomic E-state index is 0.0970. The maximum Gasteiger partial charge on any atom is 0.221 e. The second-order valence-electron chi connectivity index (χ2n) is 9.39. The van der Waals surface area contributed by atoms with Crippen molar-refractivity contribution >= 4 is 34.6 Å². The molecule has 0 aliphatic rings. The molecular weight excluding hydrogens is 436 g/mol. The van der Waals surface area contributed by atoms with E-state index < -0.39 is 0 Å². The van der Waals surface area contributed by atoms with Crippen molar-refractivity contribution in [1.29, 1.82) is 0 Å². The van der Waals surface area contributed by atoms with Crippen molar-refractivity contribution in [2.45, 2.75) is 104 Å². The van der Waals surface area contributed by atoms with Gasteiger partial charge in [0.05, 0.1) is 0 Å². The molecule has 0 unspecified atom stereocenters. The van der Waals surface area contributed by atoms with Gasteiger partial charge in [-0.2, -0.15) is 0 Å². The Morgan fingerprint density at radius 2 is 1.23 bits per heavy atom. The molecule has 1 heterocycles. The highest BCUT2D eigenvalue weighted by Gasteiger charge is 2.08. The molecule has 5 N–H and O–H groups in total. The summed E-state index contributed by atoms with van der Waals surface area (Å²) in [6.07, 6.45) is 20.5. The van der Waals surface area contributed by atoms with Gasteiger partial charge in [0.15, 0.2) is 11.6 Å². The molecule has 1 aromatic heterocycles. The predicted molar refractivity (Wildman–Crippen MR) is 149 cm³/mol. The standard InChI is InChI=1S/C28H46N6O/c1-3-4-5-6-7-8-9-10-11-12-13-14-15-16-21-30-27-26(29)28(32-22-31-27)34-25-19-17-24(18-20-25)33-23(2)35/h17-20,22H,3-16,21,29H2,1-2H3,(H,33,35)(H2,30,31,32,34). The van der Waals surface area contributed by atoms with Gasteiger partial charge in [0.2, 0.25) is 5.91 Å². The van der Waals surface area contributed by atoms with Gasteiger partial charge in [0.25, 0.3) is 0 Å². The number of rotatable bonds is 19. The lowest BCUT2D eigenvalue weighted by Crippen LogP contribution is -2.09. The molecule has 0 saturated carbocycles. The molecule has 0 saturated heterocycles. The van der Waals surface area contributed by atoms with Gasteiger partial charge in [-0.15, -0.1) is 0 Å². The number of nitrogen functional groups attached to an aromatic ring is 1. The fraction of sp³-hybridized carbons (Fsp3) is 0.607. The third kappa shape index (κ3) is 12.4. The fourth-order valence-electron chi connectivity index (χ4n) is 4.14. The zero-order valence-electron chi connectivity index (χ0n) is 21.9. The molecule has 1 aromatic carbocycles. The third-order valence-electron chi connectivity index (χ3n) is 6.17. The van der Waals surface area contributed by atoms with Crippen LogP contribution in [0.1, 0.15) is 104 Å². The van der Waals surface area contributed by atoms with Gasteiger partial charge >= 0.3 is 0 Å². The number of carbonyl (C=O) groups is 1. The number of nitrogens with two attached hydrogens (primary N) is 1. The zero-order chi connectivity index (χ0) is 25.1. The summed E-state index contributed by atoms with van der Waals surface area (Å²) in [6.45, 7) is 4.62. The average Bonchev–Trinajstić information content (AvgIpc) is 2.84. The highest BCUT2D eigenvalue weighted by Crippen LogP contribution is 2.26. The number of hydrogen-bond acceptors (Lipinski definition) is 6. The molecule has 2 rings (SSSR count). The lowest BCUT2D eigenvalue weighted by atomic mass is 10.0. The summed E-state index contributed by atoms with van der Waals surface area (Å²) >= 11 is 0. The summed E-state index contributed by atoms with van der Waals surface area (Å²) in [4.78, 5) is 19.7. The molecule has 0 spiro atoms. The molecular formula is C28H46N6O. The molecule has 0 bridgehead atoms. The van der Waals surface area contributed by atoms with E-state index in [2.05, 4.69) is 32.8 Å². The van der Waals surface area contributed by atoms with E-state index in [0.29, 0.717) is 17.3 Å². The first-order valence-corrected chi connectivity index (χ1v) is 13.6. The van der Waals surface area contributed by atoms with Crippen molar-refractivity contribution in [3.63, 3.8) is 0 Å². The molecule has 0 aliphatic carbocycles. The summed E-state index contributed by atoms with van der Waals surface area (Å²) in [5.74, 6) is 1.13. The Morgan fingerprint density at radius 1 is 0.743 bits per heavy atom. The van der Waals surface area contributed by atoms with Gasteiger partial charge in [-0.3, -0.25) is 4.79 Å². The van der Waals surface area contributed by atoms with Gasteiger partial charge < -0.3 is 21.7 Å². The van der Waals surface area contributed by atoms with E-state index in [1.54, 1.807) is 0 Å². The molecule has 35 heavy (non-hydrogen) atoms. The Balaban J connectivity index is 1.56. The number of nitrogens with one attached hydrogen (secondary N) is 3.